The molecular formula is C16H22F3N3O2S. The van der Waals surface area contributed by atoms with Crippen molar-refractivity contribution in [2.24, 2.45) is 0 Å². The van der Waals surface area contributed by atoms with E-state index >= 15 is 0 Å². The number of aromatic nitrogens is 1. The van der Waals surface area contributed by atoms with Crippen LogP contribution in [-0.2, 0) is 16.2 Å². The van der Waals surface area contributed by atoms with Crippen LogP contribution in [0.15, 0.2) is 18.3 Å². The number of pyridine rings is 1. The third-order valence-corrected chi connectivity index (χ3v) is 6.92. The topological polar surface area (TPSA) is 62.3 Å². The van der Waals surface area contributed by atoms with E-state index in [9.17, 15) is 21.6 Å². The molecule has 2 fully saturated rings. The monoisotopic (exact) mass is 377 g/mol. The second-order valence-electron chi connectivity index (χ2n) is 6.76. The maximum absolute atomic E-state index is 12.6. The Morgan fingerprint density at radius 3 is 2.44 bits per heavy atom. The molecule has 1 aromatic heterocycles. The van der Waals surface area contributed by atoms with E-state index in [-0.39, 0.29) is 11.3 Å². The lowest BCUT2D eigenvalue weighted by Gasteiger charge is -2.24. The second-order valence-corrected chi connectivity index (χ2v) is 8.75. The molecule has 2 aliphatic rings. The molecule has 1 aromatic rings. The van der Waals surface area contributed by atoms with Gasteiger partial charge in [-0.2, -0.15) is 13.2 Å². The van der Waals surface area contributed by atoms with Crippen molar-refractivity contribution in [2.45, 2.75) is 56.0 Å². The molecule has 0 spiro atoms. The Labute approximate surface area is 145 Å². The number of halogens is 3. The van der Waals surface area contributed by atoms with Crippen molar-refractivity contribution in [1.29, 1.82) is 0 Å². The molecule has 1 saturated heterocycles. The van der Waals surface area contributed by atoms with Crippen molar-refractivity contribution < 1.29 is 21.6 Å². The highest BCUT2D eigenvalue weighted by Gasteiger charge is 2.34. The van der Waals surface area contributed by atoms with Crippen LogP contribution in [0, 0.1) is 0 Å². The Kier molecular flexibility index (Phi) is 5.24. The van der Waals surface area contributed by atoms with Gasteiger partial charge < -0.3 is 4.90 Å². The van der Waals surface area contributed by atoms with Crippen molar-refractivity contribution >= 4 is 15.8 Å². The van der Waals surface area contributed by atoms with Crippen molar-refractivity contribution in [3.8, 4) is 0 Å². The molecule has 0 bridgehead atoms. The van der Waals surface area contributed by atoms with Gasteiger partial charge in [0, 0.05) is 25.3 Å². The number of hydrogen-bond acceptors (Lipinski definition) is 4. The van der Waals surface area contributed by atoms with E-state index in [1.165, 1.54) is 6.07 Å². The normalized spacial score (nSPS) is 23.2. The lowest BCUT2D eigenvalue weighted by Crippen LogP contribution is -2.43. The van der Waals surface area contributed by atoms with Gasteiger partial charge in [-0.25, -0.2) is 18.1 Å². The van der Waals surface area contributed by atoms with E-state index in [4.69, 9.17) is 0 Å². The third-order valence-electron chi connectivity index (χ3n) is 4.91. The predicted octanol–water partition coefficient (Wildman–Crippen LogP) is 2.93. The zero-order valence-corrected chi connectivity index (χ0v) is 14.6. The molecule has 9 heteroatoms. The van der Waals surface area contributed by atoms with Crippen molar-refractivity contribution in [2.75, 3.05) is 18.0 Å². The molecule has 0 amide bonds. The molecule has 0 radical (unpaired) electrons. The summed E-state index contributed by atoms with van der Waals surface area (Å²) in [5, 5.41) is -0.320. The lowest BCUT2D eigenvalue weighted by atomic mass is 10.0. The number of anilines is 1. The second kappa shape index (κ2) is 7.11. The van der Waals surface area contributed by atoms with Crippen LogP contribution in [0.3, 0.4) is 0 Å². The summed E-state index contributed by atoms with van der Waals surface area (Å²) < 4.78 is 65.5. The quantitative estimate of drug-likeness (QED) is 0.876. The van der Waals surface area contributed by atoms with Gasteiger partial charge in [-0.1, -0.05) is 19.3 Å². The molecular weight excluding hydrogens is 355 g/mol. The number of rotatable bonds is 4. The number of alkyl halides is 3. The van der Waals surface area contributed by atoms with Crippen LogP contribution in [0.5, 0.6) is 0 Å². The fourth-order valence-corrected chi connectivity index (χ4v) is 5.31. The molecule has 0 aromatic carbocycles. The molecule has 2 heterocycles. The number of nitrogens with zero attached hydrogens (tertiary/aromatic N) is 2. The molecule has 1 atom stereocenters. The fraction of sp³-hybridized carbons (Fsp3) is 0.688. The average molecular weight is 377 g/mol. The van der Waals surface area contributed by atoms with Gasteiger partial charge in [0.05, 0.1) is 10.8 Å². The first-order valence-corrected chi connectivity index (χ1v) is 10.1. The van der Waals surface area contributed by atoms with Crippen LogP contribution in [0.25, 0.3) is 0 Å². The fourth-order valence-electron chi connectivity index (χ4n) is 3.51. The molecule has 5 nitrogen and oxygen atoms in total. The minimum Gasteiger partial charge on any atom is -0.355 e. The molecule has 1 saturated carbocycles. The molecule has 1 aliphatic heterocycles. The lowest BCUT2D eigenvalue weighted by molar-refractivity contribution is -0.137. The van der Waals surface area contributed by atoms with E-state index < -0.39 is 21.8 Å². The number of nitrogens with one attached hydrogen (secondary N) is 1. The summed E-state index contributed by atoms with van der Waals surface area (Å²) in [6, 6.07) is 2.11. The first kappa shape index (κ1) is 18.4. The Balaban J connectivity index is 1.60. The average Bonchev–Trinajstić information content (AvgIpc) is 3.03. The van der Waals surface area contributed by atoms with E-state index in [2.05, 4.69) is 9.71 Å². The van der Waals surface area contributed by atoms with Crippen LogP contribution in [-0.4, -0.2) is 37.8 Å². The van der Waals surface area contributed by atoms with Gasteiger partial charge >= 0.3 is 6.18 Å². The molecule has 3 rings (SSSR count). The highest BCUT2D eigenvalue weighted by molar-refractivity contribution is 7.90. The van der Waals surface area contributed by atoms with E-state index in [0.29, 0.717) is 38.2 Å². The van der Waals surface area contributed by atoms with E-state index in [0.717, 1.165) is 31.5 Å². The Morgan fingerprint density at radius 1 is 1.12 bits per heavy atom. The first-order valence-electron chi connectivity index (χ1n) is 8.55. The minimum atomic E-state index is -4.41. The molecule has 1 aliphatic carbocycles. The van der Waals surface area contributed by atoms with Gasteiger partial charge in [-0.05, 0) is 31.4 Å². The molecule has 1 N–H and O–H groups in total. The summed E-state index contributed by atoms with van der Waals surface area (Å²) in [4.78, 5) is 5.69. The first-order chi connectivity index (χ1) is 11.8. The maximum Gasteiger partial charge on any atom is 0.417 e. The van der Waals surface area contributed by atoms with Gasteiger partial charge in [0.1, 0.15) is 5.82 Å². The molecule has 25 heavy (non-hydrogen) atoms. The van der Waals surface area contributed by atoms with Gasteiger partial charge in [0.15, 0.2) is 0 Å². The summed E-state index contributed by atoms with van der Waals surface area (Å²) >= 11 is 0. The smallest absolute Gasteiger partial charge is 0.355 e. The van der Waals surface area contributed by atoms with E-state index in [1.54, 1.807) is 0 Å². The van der Waals surface area contributed by atoms with Crippen molar-refractivity contribution in [3.63, 3.8) is 0 Å². The largest absolute Gasteiger partial charge is 0.417 e. The Bertz CT molecular complexity index is 686. The van der Waals surface area contributed by atoms with Gasteiger partial charge in [0.2, 0.25) is 10.0 Å². The predicted molar refractivity (Wildman–Crippen MR) is 88.8 cm³/mol. The number of sulfonamides is 1. The third kappa shape index (κ3) is 4.44. The van der Waals surface area contributed by atoms with Crippen LogP contribution in [0.2, 0.25) is 0 Å². The SMILES string of the molecule is O=S(=O)(NC1CCN(c2ccc(C(F)(F)F)cn2)C1)C1CCCCC1. The van der Waals surface area contributed by atoms with E-state index in [1.807, 2.05) is 4.90 Å². The van der Waals surface area contributed by atoms with Crippen LogP contribution in [0.1, 0.15) is 44.1 Å². The van der Waals surface area contributed by atoms with Crippen LogP contribution in [0.4, 0.5) is 19.0 Å². The van der Waals surface area contributed by atoms with Gasteiger partial charge in [-0.3, -0.25) is 0 Å². The zero-order chi connectivity index (χ0) is 18.1. The van der Waals surface area contributed by atoms with Crippen molar-refractivity contribution in [3.05, 3.63) is 23.9 Å². The summed E-state index contributed by atoms with van der Waals surface area (Å²) in [5.41, 5.74) is -0.787. The summed E-state index contributed by atoms with van der Waals surface area (Å²) in [7, 11) is -3.34. The number of hydrogen-bond donors (Lipinski definition) is 1. The van der Waals surface area contributed by atoms with Gasteiger partial charge in [0.25, 0.3) is 0 Å². The highest BCUT2D eigenvalue weighted by atomic mass is 32.2. The van der Waals surface area contributed by atoms with Crippen LogP contribution >= 0.6 is 0 Å². The zero-order valence-electron chi connectivity index (χ0n) is 13.8. The Morgan fingerprint density at radius 2 is 1.84 bits per heavy atom. The summed E-state index contributed by atoms with van der Waals surface area (Å²) in [6.07, 6.45) is 1.40. The summed E-state index contributed by atoms with van der Waals surface area (Å²) in [5.74, 6) is 0.437. The van der Waals surface area contributed by atoms with Crippen molar-refractivity contribution in [1.82, 2.24) is 9.71 Å². The summed E-state index contributed by atoms with van der Waals surface area (Å²) in [6.45, 7) is 0.987. The minimum absolute atomic E-state index is 0.226. The maximum atomic E-state index is 12.6. The highest BCUT2D eigenvalue weighted by Crippen LogP contribution is 2.30. The molecule has 140 valence electrons. The standard InChI is InChI=1S/C16H22F3N3O2S/c17-16(18,19)12-6-7-15(20-10-12)22-9-8-13(11-22)21-25(23,24)14-4-2-1-3-5-14/h6-7,10,13-14,21H,1-5,8-9,11H2. The van der Waals surface area contributed by atoms with Gasteiger partial charge in [-0.15, -0.1) is 0 Å². The Hall–Kier alpha value is -1.35. The van der Waals surface area contributed by atoms with Crippen LogP contribution < -0.4 is 9.62 Å². The molecule has 1 unspecified atom stereocenters.